The minimum absolute atomic E-state index is 0.291. The van der Waals surface area contributed by atoms with Crippen LogP contribution in [0.3, 0.4) is 0 Å². The number of ether oxygens (including phenoxy) is 2. The predicted molar refractivity (Wildman–Crippen MR) is 119 cm³/mol. The molecule has 32 heavy (non-hydrogen) atoms. The van der Waals surface area contributed by atoms with Crippen LogP contribution in [0.4, 0.5) is 11.6 Å². The quantitative estimate of drug-likeness (QED) is 0.574. The first-order valence-electron chi connectivity index (χ1n) is 10.1. The van der Waals surface area contributed by atoms with Crippen molar-refractivity contribution in [2.24, 2.45) is 0 Å². The number of anilines is 2. The number of carbonyl (C=O) groups excluding carboxylic acids is 2. The Morgan fingerprint density at radius 1 is 1.12 bits per heavy atom. The molecule has 0 saturated carbocycles. The number of methoxy groups -OCH3 is 1. The SMILES string of the molecule is CCOC(=O)c1ccc(NC(=O)C2=C(C)Nc3ncnn3[C@H]2c2ccc(OC)cc2)cc1. The van der Waals surface area contributed by atoms with Crippen LogP contribution in [-0.4, -0.2) is 40.4 Å². The third kappa shape index (κ3) is 4.04. The number of fused-ring (bicyclic) bond motifs is 1. The molecule has 0 radical (unpaired) electrons. The van der Waals surface area contributed by atoms with E-state index < -0.39 is 12.0 Å². The second kappa shape index (κ2) is 8.93. The van der Waals surface area contributed by atoms with Gasteiger partial charge < -0.3 is 20.1 Å². The number of allylic oxidation sites excluding steroid dienone is 1. The first-order valence-corrected chi connectivity index (χ1v) is 10.1. The minimum Gasteiger partial charge on any atom is -0.497 e. The first-order chi connectivity index (χ1) is 15.5. The molecule has 0 spiro atoms. The van der Waals surface area contributed by atoms with E-state index in [1.807, 2.05) is 31.2 Å². The molecule has 0 fully saturated rings. The Balaban J connectivity index is 1.63. The summed E-state index contributed by atoms with van der Waals surface area (Å²) in [7, 11) is 1.60. The summed E-state index contributed by atoms with van der Waals surface area (Å²) in [6, 6.07) is 13.6. The van der Waals surface area contributed by atoms with Crippen molar-refractivity contribution >= 4 is 23.5 Å². The van der Waals surface area contributed by atoms with Crippen LogP contribution >= 0.6 is 0 Å². The molecule has 4 rings (SSSR count). The molecule has 1 aliphatic heterocycles. The second-order valence-corrected chi connectivity index (χ2v) is 7.12. The van der Waals surface area contributed by atoms with Gasteiger partial charge in [0.15, 0.2) is 0 Å². The minimum atomic E-state index is -0.474. The van der Waals surface area contributed by atoms with Gasteiger partial charge in [-0.05, 0) is 55.8 Å². The molecule has 1 amide bonds. The maximum atomic E-state index is 13.4. The molecule has 0 unspecified atom stereocenters. The van der Waals surface area contributed by atoms with Crippen LogP contribution in [0.2, 0.25) is 0 Å². The fourth-order valence-corrected chi connectivity index (χ4v) is 3.58. The fraction of sp³-hybridized carbons (Fsp3) is 0.217. The zero-order chi connectivity index (χ0) is 22.7. The molecular weight excluding hydrogens is 410 g/mol. The number of aromatic nitrogens is 3. The summed E-state index contributed by atoms with van der Waals surface area (Å²) in [4.78, 5) is 29.4. The van der Waals surface area contributed by atoms with Gasteiger partial charge in [-0.3, -0.25) is 4.79 Å². The second-order valence-electron chi connectivity index (χ2n) is 7.12. The molecule has 2 heterocycles. The molecule has 2 aromatic carbocycles. The molecule has 9 nitrogen and oxygen atoms in total. The van der Waals surface area contributed by atoms with E-state index in [9.17, 15) is 9.59 Å². The molecule has 0 aliphatic carbocycles. The van der Waals surface area contributed by atoms with Crippen LogP contribution < -0.4 is 15.4 Å². The van der Waals surface area contributed by atoms with Gasteiger partial charge in [0.2, 0.25) is 5.95 Å². The lowest BCUT2D eigenvalue weighted by Gasteiger charge is -2.28. The monoisotopic (exact) mass is 433 g/mol. The van der Waals surface area contributed by atoms with Crippen molar-refractivity contribution in [3.8, 4) is 5.75 Å². The highest BCUT2D eigenvalue weighted by atomic mass is 16.5. The molecule has 9 heteroatoms. The van der Waals surface area contributed by atoms with Gasteiger partial charge in [0.25, 0.3) is 5.91 Å². The molecule has 1 aliphatic rings. The van der Waals surface area contributed by atoms with Crippen LogP contribution in [0, 0.1) is 0 Å². The van der Waals surface area contributed by atoms with Gasteiger partial charge in [0.1, 0.15) is 18.1 Å². The zero-order valence-corrected chi connectivity index (χ0v) is 18.0. The van der Waals surface area contributed by atoms with E-state index in [4.69, 9.17) is 9.47 Å². The Hall–Kier alpha value is -4.14. The Bertz CT molecular complexity index is 1170. The summed E-state index contributed by atoms with van der Waals surface area (Å²) >= 11 is 0. The number of nitrogens with one attached hydrogen (secondary N) is 2. The molecule has 164 valence electrons. The molecule has 0 bridgehead atoms. The zero-order valence-electron chi connectivity index (χ0n) is 18.0. The lowest BCUT2D eigenvalue weighted by Crippen LogP contribution is -2.31. The Morgan fingerprint density at radius 3 is 2.50 bits per heavy atom. The maximum absolute atomic E-state index is 13.4. The molecule has 1 atom stereocenters. The first kappa shape index (κ1) is 21.1. The lowest BCUT2D eigenvalue weighted by atomic mass is 9.95. The topological polar surface area (TPSA) is 107 Å². The number of carbonyl (C=O) groups is 2. The van der Waals surface area contributed by atoms with Crippen molar-refractivity contribution in [1.82, 2.24) is 14.8 Å². The predicted octanol–water partition coefficient (Wildman–Crippen LogP) is 3.39. The van der Waals surface area contributed by atoms with Crippen LogP contribution in [0.1, 0.15) is 35.8 Å². The summed E-state index contributed by atoms with van der Waals surface area (Å²) in [5.41, 5.74) is 3.01. The molecule has 0 saturated heterocycles. The van der Waals surface area contributed by atoms with Gasteiger partial charge in [0.05, 0.1) is 24.9 Å². The number of hydrogen-bond acceptors (Lipinski definition) is 7. The number of benzene rings is 2. The van der Waals surface area contributed by atoms with Crippen molar-refractivity contribution in [2.75, 3.05) is 24.4 Å². The normalized spacial score (nSPS) is 14.9. The van der Waals surface area contributed by atoms with Gasteiger partial charge in [-0.1, -0.05) is 12.1 Å². The van der Waals surface area contributed by atoms with Gasteiger partial charge >= 0.3 is 5.97 Å². The third-order valence-corrected chi connectivity index (χ3v) is 5.12. The highest BCUT2D eigenvalue weighted by Gasteiger charge is 2.33. The average molecular weight is 433 g/mol. The highest BCUT2D eigenvalue weighted by molar-refractivity contribution is 6.06. The number of hydrogen-bond donors (Lipinski definition) is 2. The Labute approximate surface area is 185 Å². The van der Waals surface area contributed by atoms with Crippen LogP contribution in [-0.2, 0) is 9.53 Å². The summed E-state index contributed by atoms with van der Waals surface area (Å²) < 4.78 is 11.9. The summed E-state index contributed by atoms with van der Waals surface area (Å²) in [5.74, 6) is 0.577. The van der Waals surface area contributed by atoms with Crippen LogP contribution in [0.25, 0.3) is 0 Å². The van der Waals surface area contributed by atoms with Gasteiger partial charge in [-0.15, -0.1) is 0 Å². The summed E-state index contributed by atoms with van der Waals surface area (Å²) in [6.07, 6.45) is 1.45. The average Bonchev–Trinajstić information content (AvgIpc) is 3.27. The van der Waals surface area contributed by atoms with Crippen molar-refractivity contribution < 1.29 is 19.1 Å². The lowest BCUT2D eigenvalue weighted by molar-refractivity contribution is -0.113. The number of rotatable bonds is 6. The van der Waals surface area contributed by atoms with E-state index >= 15 is 0 Å². The van der Waals surface area contributed by atoms with Crippen molar-refractivity contribution in [3.63, 3.8) is 0 Å². The third-order valence-electron chi connectivity index (χ3n) is 5.12. The van der Waals surface area contributed by atoms with Crippen LogP contribution in [0.5, 0.6) is 5.75 Å². The Kier molecular flexibility index (Phi) is 5.89. The Morgan fingerprint density at radius 2 is 1.84 bits per heavy atom. The largest absolute Gasteiger partial charge is 0.497 e. The van der Waals surface area contributed by atoms with E-state index in [1.54, 1.807) is 43.0 Å². The van der Waals surface area contributed by atoms with Gasteiger partial charge in [0, 0.05) is 11.4 Å². The van der Waals surface area contributed by atoms with Gasteiger partial charge in [-0.25, -0.2) is 9.48 Å². The summed E-state index contributed by atoms with van der Waals surface area (Å²) in [6.45, 7) is 3.88. The van der Waals surface area contributed by atoms with E-state index in [-0.39, 0.29) is 5.91 Å². The number of esters is 1. The van der Waals surface area contributed by atoms with E-state index in [0.29, 0.717) is 35.1 Å². The number of nitrogens with zero attached hydrogens (tertiary/aromatic N) is 3. The van der Waals surface area contributed by atoms with E-state index in [2.05, 4.69) is 20.7 Å². The highest BCUT2D eigenvalue weighted by Crippen LogP contribution is 2.35. The molecule has 1 aromatic heterocycles. The molecule has 2 N–H and O–H groups in total. The number of amides is 1. The fourth-order valence-electron chi connectivity index (χ4n) is 3.58. The standard InChI is InChI=1S/C23H23N5O4/c1-4-32-22(30)16-5-9-17(10-6-16)27-21(29)19-14(2)26-23-24-13-25-28(23)20(19)15-7-11-18(31-3)12-8-15/h5-13,20H,4H2,1-3H3,(H,27,29)(H,24,25,26)/t20-/m0/s1. The van der Waals surface area contributed by atoms with Crippen molar-refractivity contribution in [1.29, 1.82) is 0 Å². The van der Waals surface area contributed by atoms with E-state index in [0.717, 1.165) is 11.3 Å². The van der Waals surface area contributed by atoms with Crippen molar-refractivity contribution in [2.45, 2.75) is 19.9 Å². The van der Waals surface area contributed by atoms with Gasteiger partial charge in [-0.2, -0.15) is 10.1 Å². The van der Waals surface area contributed by atoms with Crippen molar-refractivity contribution in [3.05, 3.63) is 77.3 Å². The molecular formula is C23H23N5O4. The van der Waals surface area contributed by atoms with Crippen LogP contribution in [0.15, 0.2) is 66.1 Å². The smallest absolute Gasteiger partial charge is 0.338 e. The van der Waals surface area contributed by atoms with E-state index in [1.165, 1.54) is 6.33 Å². The summed E-state index contributed by atoms with van der Waals surface area (Å²) in [5, 5.41) is 10.4. The molecule has 3 aromatic rings. The maximum Gasteiger partial charge on any atom is 0.338 e.